The number of carbonyl (C=O) groups is 2. The summed E-state index contributed by atoms with van der Waals surface area (Å²) in [6.45, 7) is 8.20. The summed E-state index contributed by atoms with van der Waals surface area (Å²) in [5.41, 5.74) is 1.25. The van der Waals surface area contributed by atoms with E-state index in [1.54, 1.807) is 0 Å². The van der Waals surface area contributed by atoms with Crippen LogP contribution in [0.25, 0.3) is 0 Å². The molecule has 154 valence electrons. The number of piperazine rings is 1. The van der Waals surface area contributed by atoms with Gasteiger partial charge in [0.25, 0.3) is 0 Å². The molecule has 0 aromatic heterocycles. The van der Waals surface area contributed by atoms with Crippen molar-refractivity contribution >= 4 is 11.8 Å². The van der Waals surface area contributed by atoms with E-state index in [1.807, 2.05) is 24.0 Å². The van der Waals surface area contributed by atoms with E-state index >= 15 is 0 Å². The van der Waals surface area contributed by atoms with Gasteiger partial charge < -0.3 is 15.0 Å². The van der Waals surface area contributed by atoms with Gasteiger partial charge in [-0.05, 0) is 43.4 Å². The lowest BCUT2D eigenvalue weighted by molar-refractivity contribution is -0.139. The van der Waals surface area contributed by atoms with E-state index in [0.29, 0.717) is 12.5 Å². The monoisotopic (exact) mass is 387 g/mol. The van der Waals surface area contributed by atoms with Crippen LogP contribution in [0, 0.1) is 5.92 Å². The molecule has 1 saturated heterocycles. The molecule has 1 aliphatic heterocycles. The third-order valence-electron chi connectivity index (χ3n) is 5.82. The highest BCUT2D eigenvalue weighted by atomic mass is 16.5. The summed E-state index contributed by atoms with van der Waals surface area (Å²) in [5.74, 6) is 1.18. The fraction of sp³-hybridized carbons (Fsp3) is 0.636. The first kappa shape index (κ1) is 20.6. The summed E-state index contributed by atoms with van der Waals surface area (Å²) in [6, 6.07) is 7.89. The predicted octanol–water partition coefficient (Wildman–Crippen LogP) is 2.42. The lowest BCUT2D eigenvalue weighted by Gasteiger charge is -2.37. The number of hydrogen-bond donors (Lipinski definition) is 1. The molecule has 2 fully saturated rings. The number of rotatable bonds is 7. The first-order valence-corrected chi connectivity index (χ1v) is 10.6. The Kier molecular flexibility index (Phi) is 7.31. The average Bonchev–Trinajstić information content (AvgIpc) is 3.22. The van der Waals surface area contributed by atoms with E-state index in [0.717, 1.165) is 64.2 Å². The lowest BCUT2D eigenvalue weighted by Crippen LogP contribution is -2.56. The number of benzene rings is 1. The molecule has 3 rings (SSSR count). The molecule has 1 atom stereocenters. The van der Waals surface area contributed by atoms with E-state index in [4.69, 9.17) is 4.74 Å². The zero-order valence-corrected chi connectivity index (χ0v) is 17.2. The van der Waals surface area contributed by atoms with Crippen molar-refractivity contribution in [3.05, 3.63) is 29.8 Å². The molecular weight excluding hydrogens is 354 g/mol. The Balaban J connectivity index is 1.51. The first-order chi connectivity index (χ1) is 13.6. The third-order valence-corrected chi connectivity index (χ3v) is 5.82. The van der Waals surface area contributed by atoms with Crippen molar-refractivity contribution in [3.63, 3.8) is 0 Å². The van der Waals surface area contributed by atoms with Crippen LogP contribution in [0.5, 0.6) is 5.75 Å². The van der Waals surface area contributed by atoms with Crippen LogP contribution in [0.3, 0.4) is 0 Å². The van der Waals surface area contributed by atoms with Gasteiger partial charge in [-0.1, -0.05) is 25.0 Å². The Morgan fingerprint density at radius 2 is 1.75 bits per heavy atom. The Labute approximate surface area is 168 Å². The largest absolute Gasteiger partial charge is 0.494 e. The molecule has 1 aromatic carbocycles. The standard InChI is InChI=1S/C22H33N3O3/c1-3-28-20-10-8-18(9-11-20)16-24-12-14-25(15-13-24)22(27)21(23-17(2)26)19-6-4-5-7-19/h8-11,19,21H,3-7,12-16H2,1-2H3,(H,23,26). The molecule has 1 unspecified atom stereocenters. The molecule has 2 aliphatic rings. The zero-order chi connectivity index (χ0) is 19.9. The molecule has 1 heterocycles. The van der Waals surface area contributed by atoms with Gasteiger partial charge >= 0.3 is 0 Å². The van der Waals surface area contributed by atoms with Crippen molar-refractivity contribution in [1.82, 2.24) is 15.1 Å². The van der Waals surface area contributed by atoms with Crippen LogP contribution in [0.2, 0.25) is 0 Å². The fourth-order valence-corrected chi connectivity index (χ4v) is 4.33. The predicted molar refractivity (Wildman–Crippen MR) is 109 cm³/mol. The van der Waals surface area contributed by atoms with Gasteiger partial charge in [-0.3, -0.25) is 14.5 Å². The molecule has 1 saturated carbocycles. The zero-order valence-electron chi connectivity index (χ0n) is 17.2. The maximum atomic E-state index is 13.1. The second kappa shape index (κ2) is 9.92. The van der Waals surface area contributed by atoms with Gasteiger partial charge in [0, 0.05) is 39.6 Å². The van der Waals surface area contributed by atoms with Gasteiger partial charge in [0.05, 0.1) is 6.61 Å². The molecule has 6 heteroatoms. The average molecular weight is 388 g/mol. The molecule has 1 aliphatic carbocycles. The van der Waals surface area contributed by atoms with Crippen molar-refractivity contribution in [2.75, 3.05) is 32.8 Å². The highest BCUT2D eigenvalue weighted by Gasteiger charge is 2.35. The van der Waals surface area contributed by atoms with Crippen LogP contribution in [-0.2, 0) is 16.1 Å². The molecule has 1 N–H and O–H groups in total. The highest BCUT2D eigenvalue weighted by Crippen LogP contribution is 2.29. The maximum absolute atomic E-state index is 13.1. The van der Waals surface area contributed by atoms with Gasteiger partial charge in [-0.25, -0.2) is 0 Å². The normalized spacial score (nSPS) is 19.4. The van der Waals surface area contributed by atoms with Crippen molar-refractivity contribution in [2.24, 2.45) is 5.92 Å². The number of nitrogens with one attached hydrogen (secondary N) is 1. The Bertz CT molecular complexity index is 647. The smallest absolute Gasteiger partial charge is 0.245 e. The summed E-state index contributed by atoms with van der Waals surface area (Å²) in [5, 5.41) is 2.93. The second-order valence-corrected chi connectivity index (χ2v) is 7.90. The quantitative estimate of drug-likeness (QED) is 0.781. The van der Waals surface area contributed by atoms with Crippen LogP contribution in [0.15, 0.2) is 24.3 Å². The van der Waals surface area contributed by atoms with E-state index in [-0.39, 0.29) is 17.9 Å². The second-order valence-electron chi connectivity index (χ2n) is 7.90. The van der Waals surface area contributed by atoms with Gasteiger partial charge in [-0.2, -0.15) is 0 Å². The fourth-order valence-electron chi connectivity index (χ4n) is 4.33. The maximum Gasteiger partial charge on any atom is 0.245 e. The van der Waals surface area contributed by atoms with Crippen molar-refractivity contribution < 1.29 is 14.3 Å². The number of hydrogen-bond acceptors (Lipinski definition) is 4. The third kappa shape index (κ3) is 5.47. The Morgan fingerprint density at radius 1 is 1.11 bits per heavy atom. The minimum Gasteiger partial charge on any atom is -0.494 e. The van der Waals surface area contributed by atoms with Gasteiger partial charge in [0.2, 0.25) is 11.8 Å². The molecule has 6 nitrogen and oxygen atoms in total. The molecule has 0 spiro atoms. The van der Waals surface area contributed by atoms with Crippen LogP contribution in [-0.4, -0.2) is 60.4 Å². The van der Waals surface area contributed by atoms with Crippen LogP contribution in [0.4, 0.5) is 0 Å². The molecular formula is C22H33N3O3. The molecule has 0 radical (unpaired) electrons. The Morgan fingerprint density at radius 3 is 2.32 bits per heavy atom. The van der Waals surface area contributed by atoms with Crippen molar-refractivity contribution in [3.8, 4) is 5.75 Å². The Hall–Kier alpha value is -2.08. The van der Waals surface area contributed by atoms with E-state index < -0.39 is 0 Å². The number of ether oxygens (including phenoxy) is 1. The first-order valence-electron chi connectivity index (χ1n) is 10.6. The minimum atomic E-state index is -0.349. The van der Waals surface area contributed by atoms with Crippen molar-refractivity contribution in [1.29, 1.82) is 0 Å². The number of amides is 2. The topological polar surface area (TPSA) is 61.9 Å². The summed E-state index contributed by atoms with van der Waals surface area (Å²) < 4.78 is 5.50. The summed E-state index contributed by atoms with van der Waals surface area (Å²) in [4.78, 5) is 29.0. The van der Waals surface area contributed by atoms with Gasteiger partial charge in [-0.15, -0.1) is 0 Å². The lowest BCUT2D eigenvalue weighted by atomic mass is 9.96. The van der Waals surface area contributed by atoms with Crippen LogP contribution < -0.4 is 10.1 Å². The molecule has 1 aromatic rings. The molecule has 0 bridgehead atoms. The SMILES string of the molecule is CCOc1ccc(CN2CCN(C(=O)C(NC(C)=O)C3CCCC3)CC2)cc1. The molecule has 2 amide bonds. The van der Waals surface area contributed by atoms with Crippen LogP contribution >= 0.6 is 0 Å². The van der Waals surface area contributed by atoms with E-state index in [1.165, 1.54) is 12.5 Å². The van der Waals surface area contributed by atoms with Gasteiger partial charge in [0.1, 0.15) is 11.8 Å². The summed E-state index contributed by atoms with van der Waals surface area (Å²) in [7, 11) is 0. The van der Waals surface area contributed by atoms with Gasteiger partial charge in [0.15, 0.2) is 0 Å². The number of carbonyl (C=O) groups excluding carboxylic acids is 2. The van der Waals surface area contributed by atoms with Crippen molar-refractivity contribution in [2.45, 2.75) is 52.1 Å². The van der Waals surface area contributed by atoms with E-state index in [2.05, 4.69) is 22.3 Å². The minimum absolute atomic E-state index is 0.0998. The number of nitrogens with zero attached hydrogens (tertiary/aromatic N) is 2. The summed E-state index contributed by atoms with van der Waals surface area (Å²) in [6.07, 6.45) is 4.39. The highest BCUT2D eigenvalue weighted by molar-refractivity contribution is 5.87. The summed E-state index contributed by atoms with van der Waals surface area (Å²) >= 11 is 0. The molecule has 28 heavy (non-hydrogen) atoms. The van der Waals surface area contributed by atoms with E-state index in [9.17, 15) is 9.59 Å². The van der Waals surface area contributed by atoms with Crippen LogP contribution in [0.1, 0.15) is 45.1 Å².